The summed E-state index contributed by atoms with van der Waals surface area (Å²) in [5.41, 5.74) is 6.83. The Morgan fingerprint density at radius 1 is 1.35 bits per heavy atom. The standard InChI is InChI=1S/C14H20N2O3S/c15-13(9-11-5-2-1-3-6-11)14(17)16-10-12-7-4-8-20(12,18)19/h1-3,5-6,12-13H,4,7-10,15H2,(H,16,17)/t12?,13-/m1/s1. The van der Waals surface area contributed by atoms with E-state index in [9.17, 15) is 13.2 Å². The minimum atomic E-state index is -3.02. The van der Waals surface area contributed by atoms with Crippen molar-refractivity contribution in [1.29, 1.82) is 0 Å². The van der Waals surface area contributed by atoms with Gasteiger partial charge in [-0.25, -0.2) is 8.42 Å². The SMILES string of the molecule is N[C@H](Cc1ccccc1)C(=O)NCC1CCCS1(=O)=O. The predicted molar refractivity (Wildman–Crippen MR) is 77.9 cm³/mol. The highest BCUT2D eigenvalue weighted by Gasteiger charge is 2.31. The highest BCUT2D eigenvalue weighted by molar-refractivity contribution is 7.92. The number of carbonyl (C=O) groups is 1. The Morgan fingerprint density at radius 2 is 2.05 bits per heavy atom. The second-order valence-corrected chi connectivity index (χ2v) is 7.57. The Kier molecular flexibility index (Phi) is 4.77. The smallest absolute Gasteiger partial charge is 0.237 e. The fourth-order valence-electron chi connectivity index (χ4n) is 2.39. The van der Waals surface area contributed by atoms with Gasteiger partial charge in [-0.05, 0) is 24.8 Å². The second-order valence-electron chi connectivity index (χ2n) is 5.17. The van der Waals surface area contributed by atoms with Crippen LogP contribution in [0.3, 0.4) is 0 Å². The van der Waals surface area contributed by atoms with Gasteiger partial charge in [-0.2, -0.15) is 0 Å². The lowest BCUT2D eigenvalue weighted by molar-refractivity contribution is -0.122. The molecule has 1 aliphatic rings. The average molecular weight is 296 g/mol. The van der Waals surface area contributed by atoms with Crippen molar-refractivity contribution in [2.45, 2.75) is 30.6 Å². The summed E-state index contributed by atoms with van der Waals surface area (Å²) in [7, 11) is -3.02. The molecule has 2 rings (SSSR count). The van der Waals surface area contributed by atoms with Gasteiger partial charge in [-0.1, -0.05) is 30.3 Å². The number of rotatable bonds is 5. The van der Waals surface area contributed by atoms with Gasteiger partial charge in [0.1, 0.15) is 0 Å². The third kappa shape index (κ3) is 3.80. The summed E-state index contributed by atoms with van der Waals surface area (Å²) in [5.74, 6) is -0.0696. The Morgan fingerprint density at radius 3 is 2.65 bits per heavy atom. The first kappa shape index (κ1) is 15.0. The minimum absolute atomic E-state index is 0.170. The van der Waals surface area contributed by atoms with E-state index in [1.807, 2.05) is 30.3 Å². The van der Waals surface area contributed by atoms with Crippen molar-refractivity contribution in [3.8, 4) is 0 Å². The van der Waals surface area contributed by atoms with Crippen LogP contribution in [0.4, 0.5) is 0 Å². The monoisotopic (exact) mass is 296 g/mol. The van der Waals surface area contributed by atoms with Gasteiger partial charge >= 0.3 is 0 Å². The summed E-state index contributed by atoms with van der Waals surface area (Å²) in [6.07, 6.45) is 1.75. The number of nitrogens with one attached hydrogen (secondary N) is 1. The molecule has 0 aliphatic carbocycles. The molecule has 0 aromatic heterocycles. The van der Waals surface area contributed by atoms with Gasteiger partial charge in [0.2, 0.25) is 5.91 Å². The highest BCUT2D eigenvalue weighted by atomic mass is 32.2. The maximum absolute atomic E-state index is 11.9. The first-order chi connectivity index (χ1) is 9.49. The van der Waals surface area contributed by atoms with E-state index < -0.39 is 21.1 Å². The predicted octanol–water partition coefficient (Wildman–Crippen LogP) is 0.250. The van der Waals surface area contributed by atoms with E-state index in [2.05, 4.69) is 5.32 Å². The molecule has 0 spiro atoms. The quantitative estimate of drug-likeness (QED) is 0.815. The molecule has 0 radical (unpaired) electrons. The van der Waals surface area contributed by atoms with Crippen LogP contribution in [-0.2, 0) is 21.1 Å². The molecule has 1 saturated heterocycles. The summed E-state index contributed by atoms with van der Waals surface area (Å²) in [6, 6.07) is 8.86. The molecule has 1 aliphatic heterocycles. The van der Waals surface area contributed by atoms with Crippen LogP contribution in [0.1, 0.15) is 18.4 Å². The molecule has 1 fully saturated rings. The van der Waals surface area contributed by atoms with Gasteiger partial charge < -0.3 is 11.1 Å². The molecule has 2 atom stereocenters. The molecule has 0 bridgehead atoms. The molecule has 5 nitrogen and oxygen atoms in total. The third-order valence-electron chi connectivity index (χ3n) is 3.60. The molecule has 0 saturated carbocycles. The van der Waals surface area contributed by atoms with Crippen molar-refractivity contribution >= 4 is 15.7 Å². The lowest BCUT2D eigenvalue weighted by atomic mass is 10.1. The number of nitrogens with two attached hydrogens (primary N) is 1. The van der Waals surface area contributed by atoms with Crippen LogP contribution in [0, 0.1) is 0 Å². The number of hydrogen-bond donors (Lipinski definition) is 2. The summed E-state index contributed by atoms with van der Waals surface area (Å²) < 4.78 is 23.3. The topological polar surface area (TPSA) is 89.3 Å². The zero-order valence-corrected chi connectivity index (χ0v) is 12.1. The van der Waals surface area contributed by atoms with Crippen molar-refractivity contribution in [2.75, 3.05) is 12.3 Å². The van der Waals surface area contributed by atoms with E-state index in [1.165, 1.54) is 0 Å². The number of hydrogen-bond acceptors (Lipinski definition) is 4. The van der Waals surface area contributed by atoms with Gasteiger partial charge in [0.05, 0.1) is 17.0 Å². The molecule has 1 unspecified atom stereocenters. The Balaban J connectivity index is 1.83. The lowest BCUT2D eigenvalue weighted by Crippen LogP contribution is -2.45. The van der Waals surface area contributed by atoms with Crippen LogP contribution in [0.25, 0.3) is 0 Å². The first-order valence-electron chi connectivity index (χ1n) is 6.78. The van der Waals surface area contributed by atoms with Crippen LogP contribution in [0.15, 0.2) is 30.3 Å². The van der Waals surface area contributed by atoms with E-state index in [1.54, 1.807) is 0 Å². The molecule has 1 aromatic rings. The molecule has 20 heavy (non-hydrogen) atoms. The number of benzene rings is 1. The van der Waals surface area contributed by atoms with E-state index >= 15 is 0 Å². The van der Waals surface area contributed by atoms with E-state index in [0.717, 1.165) is 5.56 Å². The lowest BCUT2D eigenvalue weighted by Gasteiger charge is -2.15. The molecular formula is C14H20N2O3S. The molecule has 6 heteroatoms. The summed E-state index contributed by atoms with van der Waals surface area (Å²) in [5, 5.41) is 2.21. The average Bonchev–Trinajstić information content (AvgIpc) is 2.76. The third-order valence-corrected chi connectivity index (χ3v) is 5.88. The summed E-state index contributed by atoms with van der Waals surface area (Å²) >= 11 is 0. The fourth-order valence-corrected chi connectivity index (χ4v) is 4.16. The highest BCUT2D eigenvalue weighted by Crippen LogP contribution is 2.19. The number of carbonyl (C=O) groups excluding carboxylic acids is 1. The Hall–Kier alpha value is -1.40. The van der Waals surface area contributed by atoms with Gasteiger partial charge in [-0.3, -0.25) is 4.79 Å². The first-order valence-corrected chi connectivity index (χ1v) is 8.49. The number of sulfone groups is 1. The molecule has 1 heterocycles. The van der Waals surface area contributed by atoms with Crippen molar-refractivity contribution in [2.24, 2.45) is 5.73 Å². The molecular weight excluding hydrogens is 276 g/mol. The fraction of sp³-hybridized carbons (Fsp3) is 0.500. The zero-order valence-electron chi connectivity index (χ0n) is 11.3. The van der Waals surface area contributed by atoms with Crippen molar-refractivity contribution in [3.05, 3.63) is 35.9 Å². The number of amides is 1. The van der Waals surface area contributed by atoms with Crippen LogP contribution in [0.5, 0.6) is 0 Å². The second kappa shape index (κ2) is 6.37. The van der Waals surface area contributed by atoms with Crippen molar-refractivity contribution in [3.63, 3.8) is 0 Å². The summed E-state index contributed by atoms with van der Waals surface area (Å²) in [4.78, 5) is 11.9. The Labute approximate surface area is 119 Å². The molecule has 110 valence electrons. The van der Waals surface area contributed by atoms with Crippen LogP contribution < -0.4 is 11.1 Å². The maximum Gasteiger partial charge on any atom is 0.237 e. The van der Waals surface area contributed by atoms with Crippen LogP contribution in [-0.4, -0.2) is 37.9 Å². The maximum atomic E-state index is 11.9. The van der Waals surface area contributed by atoms with Crippen molar-refractivity contribution < 1.29 is 13.2 Å². The van der Waals surface area contributed by atoms with Crippen LogP contribution in [0.2, 0.25) is 0 Å². The normalized spacial score (nSPS) is 22.4. The minimum Gasteiger partial charge on any atom is -0.353 e. The van der Waals surface area contributed by atoms with Gasteiger partial charge in [0.15, 0.2) is 9.84 Å². The van der Waals surface area contributed by atoms with E-state index in [0.29, 0.717) is 19.3 Å². The van der Waals surface area contributed by atoms with E-state index in [-0.39, 0.29) is 18.2 Å². The van der Waals surface area contributed by atoms with Crippen LogP contribution >= 0.6 is 0 Å². The molecule has 1 amide bonds. The molecule has 3 N–H and O–H groups in total. The van der Waals surface area contributed by atoms with Crippen molar-refractivity contribution in [1.82, 2.24) is 5.32 Å². The Bertz CT molecular complexity index is 557. The molecule has 1 aromatic carbocycles. The van der Waals surface area contributed by atoms with Gasteiger partial charge in [-0.15, -0.1) is 0 Å². The zero-order chi connectivity index (χ0) is 14.6. The van der Waals surface area contributed by atoms with E-state index in [4.69, 9.17) is 5.73 Å². The van der Waals surface area contributed by atoms with Gasteiger partial charge in [0, 0.05) is 6.54 Å². The summed E-state index contributed by atoms with van der Waals surface area (Å²) in [6.45, 7) is 0.170. The van der Waals surface area contributed by atoms with Gasteiger partial charge in [0.25, 0.3) is 0 Å². The largest absolute Gasteiger partial charge is 0.353 e.